The van der Waals surface area contributed by atoms with Gasteiger partial charge in [0.1, 0.15) is 0 Å². The van der Waals surface area contributed by atoms with Crippen LogP contribution < -0.4 is 11.5 Å². The van der Waals surface area contributed by atoms with Crippen molar-refractivity contribution < 1.29 is 29.3 Å². The lowest BCUT2D eigenvalue weighted by Gasteiger charge is -2.18. The van der Waals surface area contributed by atoms with E-state index in [1.165, 1.54) is 50.7 Å². The largest absolute Gasteiger partial charge is 0.441 e. The van der Waals surface area contributed by atoms with Gasteiger partial charge in [0.25, 0.3) is 0 Å². The molecule has 0 aliphatic rings. The summed E-state index contributed by atoms with van der Waals surface area (Å²) in [6.45, 7) is 4.31. The molecule has 8 heteroatoms. The third kappa shape index (κ3) is 16.0. The fraction of sp³-hybridized carbons (Fsp3) is 0.750. The van der Waals surface area contributed by atoms with Crippen LogP contribution in [0.3, 0.4) is 0 Å². The van der Waals surface area contributed by atoms with Gasteiger partial charge < -0.3 is 19.7 Å². The Labute approximate surface area is 193 Å². The summed E-state index contributed by atoms with van der Waals surface area (Å²) >= 11 is 0. The van der Waals surface area contributed by atoms with E-state index in [-0.39, 0.29) is 0 Å². The molecular weight excluding hydrogens is 412 g/mol. The highest BCUT2D eigenvalue weighted by Crippen LogP contribution is 2.08. The molecule has 0 saturated heterocycles. The predicted molar refractivity (Wildman–Crippen MR) is 125 cm³/mol. The molecular formula is C24H44N2O6. The van der Waals surface area contributed by atoms with Crippen molar-refractivity contribution in [2.24, 2.45) is 11.5 Å². The minimum Gasteiger partial charge on any atom is -0.441 e. The second kappa shape index (κ2) is 19.9. The van der Waals surface area contributed by atoms with E-state index < -0.39 is 36.6 Å². The van der Waals surface area contributed by atoms with Gasteiger partial charge in [-0.05, 0) is 37.8 Å². The number of allylic oxidation sites excluding steroid dienone is 2. The summed E-state index contributed by atoms with van der Waals surface area (Å²) in [7, 11) is 0. The molecule has 0 aliphatic heterocycles. The normalized spacial score (nSPS) is 15.6. The number of carbonyl (C=O) groups is 2. The summed E-state index contributed by atoms with van der Waals surface area (Å²) in [6, 6.07) is 0. The number of esters is 2. The Morgan fingerprint density at radius 3 is 1.38 bits per heavy atom. The summed E-state index contributed by atoms with van der Waals surface area (Å²) in [4.78, 5) is 23.8. The van der Waals surface area contributed by atoms with E-state index in [2.05, 4.69) is 13.8 Å². The number of unbranched alkanes of at least 4 members (excludes halogenated alkanes) is 10. The molecule has 0 spiro atoms. The Morgan fingerprint density at radius 2 is 1.03 bits per heavy atom. The molecule has 8 nitrogen and oxygen atoms in total. The molecule has 0 heterocycles. The number of hydrogen-bond acceptors (Lipinski definition) is 8. The van der Waals surface area contributed by atoms with Crippen molar-refractivity contribution in [1.29, 1.82) is 0 Å². The van der Waals surface area contributed by atoms with Crippen LogP contribution in [0.15, 0.2) is 24.3 Å². The van der Waals surface area contributed by atoms with Gasteiger partial charge in [-0.25, -0.2) is 9.59 Å². The van der Waals surface area contributed by atoms with Crippen molar-refractivity contribution in [3.8, 4) is 0 Å². The molecule has 186 valence electrons. The maximum atomic E-state index is 11.9. The van der Waals surface area contributed by atoms with Crippen LogP contribution in [0.2, 0.25) is 0 Å². The fourth-order valence-corrected chi connectivity index (χ4v) is 2.94. The van der Waals surface area contributed by atoms with Crippen LogP contribution in [0.25, 0.3) is 0 Å². The fourth-order valence-electron chi connectivity index (χ4n) is 2.94. The maximum Gasteiger partial charge on any atom is 0.340 e. The van der Waals surface area contributed by atoms with E-state index in [9.17, 15) is 19.8 Å². The molecule has 0 radical (unpaired) electrons. The van der Waals surface area contributed by atoms with Crippen molar-refractivity contribution in [3.63, 3.8) is 0 Å². The van der Waals surface area contributed by atoms with Crippen molar-refractivity contribution in [2.75, 3.05) is 0 Å². The molecule has 0 rings (SSSR count). The molecule has 0 aromatic carbocycles. The third-order valence-electron chi connectivity index (χ3n) is 4.89. The van der Waals surface area contributed by atoms with E-state index in [0.29, 0.717) is 0 Å². The van der Waals surface area contributed by atoms with Crippen LogP contribution in [0.1, 0.15) is 90.9 Å². The number of aliphatic hydroxyl groups excluding tert-OH is 2. The first-order valence-corrected chi connectivity index (χ1v) is 11.9. The Morgan fingerprint density at radius 1 is 0.688 bits per heavy atom. The zero-order chi connectivity index (χ0) is 24.2. The molecule has 4 atom stereocenters. The minimum atomic E-state index is -2.12. The molecule has 0 amide bonds. The van der Waals surface area contributed by atoms with Crippen molar-refractivity contribution >= 4 is 11.9 Å². The van der Waals surface area contributed by atoms with Crippen LogP contribution in [0.5, 0.6) is 0 Å². The van der Waals surface area contributed by atoms with E-state index in [1.54, 1.807) is 12.2 Å². The van der Waals surface area contributed by atoms with Gasteiger partial charge in [0, 0.05) is 0 Å². The lowest BCUT2D eigenvalue weighted by molar-refractivity contribution is -0.176. The molecule has 0 fully saturated rings. The summed E-state index contributed by atoms with van der Waals surface area (Å²) < 4.78 is 9.68. The summed E-state index contributed by atoms with van der Waals surface area (Å²) in [5, 5.41) is 19.7. The Bertz CT molecular complexity index is 505. The van der Waals surface area contributed by atoms with E-state index in [4.69, 9.17) is 20.9 Å². The highest BCUT2D eigenvalue weighted by molar-refractivity contribution is 5.85. The summed E-state index contributed by atoms with van der Waals surface area (Å²) in [5.74, 6) is -2.43. The first kappa shape index (κ1) is 30.3. The van der Waals surface area contributed by atoms with E-state index in [1.807, 2.05) is 0 Å². The number of aliphatic hydroxyl groups is 2. The minimum absolute atomic E-state index is 0.802. The Kier molecular flexibility index (Phi) is 18.8. The monoisotopic (exact) mass is 456 g/mol. The maximum absolute atomic E-state index is 11.9. The van der Waals surface area contributed by atoms with Crippen molar-refractivity contribution in [1.82, 2.24) is 0 Å². The number of carbonyl (C=O) groups excluding carboxylic acids is 2. The van der Waals surface area contributed by atoms with Gasteiger partial charge in [0.05, 0.1) is 0 Å². The van der Waals surface area contributed by atoms with Gasteiger partial charge in [-0.3, -0.25) is 11.5 Å². The third-order valence-corrected chi connectivity index (χ3v) is 4.89. The van der Waals surface area contributed by atoms with Crippen LogP contribution >= 0.6 is 0 Å². The smallest absolute Gasteiger partial charge is 0.340 e. The molecule has 4 unspecified atom stereocenters. The van der Waals surface area contributed by atoms with Gasteiger partial charge in [0.2, 0.25) is 0 Å². The zero-order valence-corrected chi connectivity index (χ0v) is 19.8. The number of nitrogens with two attached hydrogens (primary N) is 2. The SMILES string of the molecule is CCCCCCCC=CC(N)OC(=O)C(O)C(O)C(=O)OC(N)C=CCCCCCCC. The van der Waals surface area contributed by atoms with E-state index >= 15 is 0 Å². The standard InChI is InChI=1S/C24H44N2O6/c1-3-5-7-9-11-13-15-17-19(25)31-23(29)21(27)22(28)24(30)32-20(26)18-16-14-12-10-8-6-4-2/h15-22,27-28H,3-14,25-26H2,1-2H3. The van der Waals surface area contributed by atoms with Gasteiger partial charge in [0.15, 0.2) is 24.7 Å². The van der Waals surface area contributed by atoms with Gasteiger partial charge in [-0.15, -0.1) is 0 Å². The number of rotatable bonds is 19. The molecule has 0 aromatic heterocycles. The highest BCUT2D eigenvalue weighted by Gasteiger charge is 2.34. The molecule has 6 N–H and O–H groups in total. The molecule has 0 saturated carbocycles. The van der Waals surface area contributed by atoms with Gasteiger partial charge >= 0.3 is 11.9 Å². The number of hydrogen-bond donors (Lipinski definition) is 4. The summed E-state index contributed by atoms with van der Waals surface area (Å²) in [6.07, 6.45) is 13.2. The van der Waals surface area contributed by atoms with Crippen LogP contribution in [0, 0.1) is 0 Å². The van der Waals surface area contributed by atoms with Crippen LogP contribution in [0.4, 0.5) is 0 Å². The number of ether oxygens (including phenoxy) is 2. The average Bonchev–Trinajstić information content (AvgIpc) is 2.76. The predicted octanol–water partition coefficient (Wildman–Crippen LogP) is 3.20. The second-order valence-corrected chi connectivity index (χ2v) is 7.95. The average molecular weight is 457 g/mol. The first-order valence-electron chi connectivity index (χ1n) is 11.9. The summed E-state index contributed by atoms with van der Waals surface area (Å²) in [5.41, 5.74) is 11.3. The highest BCUT2D eigenvalue weighted by atomic mass is 16.6. The first-order chi connectivity index (χ1) is 15.3. The lowest BCUT2D eigenvalue weighted by Crippen LogP contribution is -2.45. The molecule has 32 heavy (non-hydrogen) atoms. The van der Waals surface area contributed by atoms with Crippen molar-refractivity contribution in [3.05, 3.63) is 24.3 Å². The van der Waals surface area contributed by atoms with Crippen molar-refractivity contribution in [2.45, 2.75) is 116 Å². The van der Waals surface area contributed by atoms with Gasteiger partial charge in [-0.1, -0.05) is 77.4 Å². The molecule has 0 aromatic rings. The molecule has 0 bridgehead atoms. The lowest BCUT2D eigenvalue weighted by atomic mass is 10.1. The van der Waals surface area contributed by atoms with Crippen LogP contribution in [-0.2, 0) is 19.1 Å². The van der Waals surface area contributed by atoms with Gasteiger partial charge in [-0.2, -0.15) is 0 Å². The van der Waals surface area contributed by atoms with E-state index in [0.717, 1.165) is 38.5 Å². The quantitative estimate of drug-likeness (QED) is 0.100. The topological polar surface area (TPSA) is 145 Å². The Balaban J connectivity index is 4.21. The zero-order valence-electron chi connectivity index (χ0n) is 19.8. The second-order valence-electron chi connectivity index (χ2n) is 7.95. The molecule has 0 aliphatic carbocycles. The Hall–Kier alpha value is -1.74. The van der Waals surface area contributed by atoms with Crippen LogP contribution in [-0.4, -0.2) is 46.8 Å².